The molecule has 0 saturated heterocycles. The van der Waals surface area contributed by atoms with Crippen molar-refractivity contribution in [1.82, 2.24) is 14.9 Å². The topological polar surface area (TPSA) is 76.0 Å². The molecule has 1 heterocycles. The van der Waals surface area contributed by atoms with E-state index in [9.17, 15) is 9.59 Å². The number of aryl methyl sites for hydroxylation is 2. The number of rotatable bonds is 4. The van der Waals surface area contributed by atoms with Gasteiger partial charge in [0.2, 0.25) is 0 Å². The third kappa shape index (κ3) is 4.07. The molecule has 1 aromatic heterocycles. The first-order chi connectivity index (χ1) is 12.0. The molecular weight excluding hydrogens is 316 g/mol. The van der Waals surface area contributed by atoms with Crippen molar-refractivity contribution in [2.24, 2.45) is 7.05 Å². The normalized spacial score (nSPS) is 15.0. The van der Waals surface area contributed by atoms with Gasteiger partial charge in [0, 0.05) is 24.3 Å². The smallest absolute Gasteiger partial charge is 0.273 e. The van der Waals surface area contributed by atoms with E-state index in [1.54, 1.807) is 30.1 Å². The molecule has 2 aromatic rings. The fourth-order valence-electron chi connectivity index (χ4n) is 3.18. The van der Waals surface area contributed by atoms with E-state index in [0.717, 1.165) is 18.4 Å². The third-order valence-electron chi connectivity index (χ3n) is 4.74. The Morgan fingerprint density at radius 2 is 1.92 bits per heavy atom. The minimum Gasteiger partial charge on any atom is -0.349 e. The predicted molar refractivity (Wildman–Crippen MR) is 96.7 cm³/mol. The minimum absolute atomic E-state index is 0.0806. The summed E-state index contributed by atoms with van der Waals surface area (Å²) in [5.41, 5.74) is 2.58. The van der Waals surface area contributed by atoms with Gasteiger partial charge < -0.3 is 15.2 Å². The molecule has 0 aliphatic heterocycles. The molecule has 2 amide bonds. The lowest BCUT2D eigenvalue weighted by Crippen LogP contribution is -2.36. The van der Waals surface area contributed by atoms with Crippen LogP contribution in [0, 0.1) is 6.92 Å². The number of hydrogen-bond donors (Lipinski definition) is 2. The van der Waals surface area contributed by atoms with Crippen LogP contribution in [0.4, 0.5) is 5.69 Å². The molecule has 6 heteroatoms. The average molecular weight is 340 g/mol. The molecule has 1 aliphatic carbocycles. The molecule has 3 rings (SSSR count). The fourth-order valence-corrected chi connectivity index (χ4v) is 3.18. The second kappa shape index (κ2) is 7.51. The predicted octanol–water partition coefficient (Wildman–Crippen LogP) is 3.04. The molecule has 0 atom stereocenters. The molecule has 1 aliphatic rings. The summed E-state index contributed by atoms with van der Waals surface area (Å²) in [6, 6.07) is 5.65. The summed E-state index contributed by atoms with van der Waals surface area (Å²) in [5, 5.41) is 5.98. The van der Waals surface area contributed by atoms with Crippen molar-refractivity contribution in [1.29, 1.82) is 0 Å². The van der Waals surface area contributed by atoms with Gasteiger partial charge in [-0.3, -0.25) is 9.59 Å². The van der Waals surface area contributed by atoms with Crippen molar-refractivity contribution in [3.8, 4) is 0 Å². The van der Waals surface area contributed by atoms with E-state index in [0.29, 0.717) is 16.9 Å². The van der Waals surface area contributed by atoms with Gasteiger partial charge in [-0.2, -0.15) is 0 Å². The monoisotopic (exact) mass is 340 g/mol. The van der Waals surface area contributed by atoms with E-state index in [2.05, 4.69) is 15.6 Å². The van der Waals surface area contributed by atoms with Gasteiger partial charge in [-0.05, 0) is 37.5 Å². The quantitative estimate of drug-likeness (QED) is 0.898. The lowest BCUT2D eigenvalue weighted by atomic mass is 9.95. The molecule has 0 spiro atoms. The van der Waals surface area contributed by atoms with Gasteiger partial charge in [-0.25, -0.2) is 4.98 Å². The number of carbonyl (C=O) groups excluding carboxylic acids is 2. The van der Waals surface area contributed by atoms with E-state index in [-0.39, 0.29) is 17.9 Å². The molecule has 1 saturated carbocycles. The fraction of sp³-hybridized carbons (Fsp3) is 0.421. The van der Waals surface area contributed by atoms with Gasteiger partial charge in [-0.1, -0.05) is 25.3 Å². The van der Waals surface area contributed by atoms with Crippen LogP contribution in [-0.4, -0.2) is 27.4 Å². The number of hydrogen-bond acceptors (Lipinski definition) is 3. The molecule has 25 heavy (non-hydrogen) atoms. The summed E-state index contributed by atoms with van der Waals surface area (Å²) in [6.45, 7) is 1.90. The molecule has 0 bridgehead atoms. The van der Waals surface area contributed by atoms with Gasteiger partial charge in [0.1, 0.15) is 5.69 Å². The van der Waals surface area contributed by atoms with E-state index < -0.39 is 0 Å². The van der Waals surface area contributed by atoms with E-state index >= 15 is 0 Å². The van der Waals surface area contributed by atoms with Crippen molar-refractivity contribution < 1.29 is 9.59 Å². The minimum atomic E-state index is -0.243. The Kier molecular flexibility index (Phi) is 5.16. The number of amides is 2. The van der Waals surface area contributed by atoms with Crippen LogP contribution in [0.5, 0.6) is 0 Å². The second-order valence-electron chi connectivity index (χ2n) is 6.68. The second-order valence-corrected chi connectivity index (χ2v) is 6.68. The van der Waals surface area contributed by atoms with Crippen LogP contribution in [0.25, 0.3) is 0 Å². The first-order valence-electron chi connectivity index (χ1n) is 8.74. The van der Waals surface area contributed by atoms with Gasteiger partial charge in [0.05, 0.1) is 12.5 Å². The zero-order chi connectivity index (χ0) is 17.8. The number of anilines is 1. The summed E-state index contributed by atoms with van der Waals surface area (Å²) < 4.78 is 1.66. The molecule has 2 N–H and O–H groups in total. The van der Waals surface area contributed by atoms with Crippen LogP contribution in [0.2, 0.25) is 0 Å². The number of carbonyl (C=O) groups is 2. The maximum atomic E-state index is 12.5. The van der Waals surface area contributed by atoms with Crippen molar-refractivity contribution >= 4 is 17.5 Å². The third-order valence-corrected chi connectivity index (χ3v) is 4.74. The van der Waals surface area contributed by atoms with Crippen LogP contribution in [0.1, 0.15) is 58.5 Å². The highest BCUT2D eigenvalue weighted by molar-refractivity contribution is 6.04. The standard InChI is InChI=1S/C19H24N4O2/c1-13-8-9-14(18(24)21-15-6-4-3-5-7-15)10-16(13)22-19(25)17-11-20-12-23(17)2/h8-12,15H,3-7H2,1-2H3,(H,21,24)(H,22,25). The largest absolute Gasteiger partial charge is 0.349 e. The maximum Gasteiger partial charge on any atom is 0.273 e. The van der Waals surface area contributed by atoms with Crippen molar-refractivity contribution in [3.63, 3.8) is 0 Å². The van der Waals surface area contributed by atoms with Gasteiger partial charge >= 0.3 is 0 Å². The Morgan fingerprint density at radius 3 is 2.60 bits per heavy atom. The first kappa shape index (κ1) is 17.2. The zero-order valence-corrected chi connectivity index (χ0v) is 14.7. The SMILES string of the molecule is Cc1ccc(C(=O)NC2CCCCC2)cc1NC(=O)c1cncn1C. The maximum absolute atomic E-state index is 12.5. The molecular formula is C19H24N4O2. The highest BCUT2D eigenvalue weighted by Crippen LogP contribution is 2.20. The van der Waals surface area contributed by atoms with Crippen LogP contribution in [0.3, 0.4) is 0 Å². The summed E-state index contributed by atoms with van der Waals surface area (Å²) >= 11 is 0. The van der Waals surface area contributed by atoms with Gasteiger partial charge in [0.25, 0.3) is 11.8 Å². The van der Waals surface area contributed by atoms with Crippen molar-refractivity contribution in [2.45, 2.75) is 45.1 Å². The molecule has 1 aromatic carbocycles. The Hall–Kier alpha value is -2.63. The highest BCUT2D eigenvalue weighted by atomic mass is 16.2. The van der Waals surface area contributed by atoms with E-state index in [1.807, 2.05) is 13.0 Å². The molecule has 0 radical (unpaired) electrons. The Balaban J connectivity index is 1.72. The Morgan fingerprint density at radius 1 is 1.16 bits per heavy atom. The Bertz CT molecular complexity index is 775. The number of nitrogens with one attached hydrogen (secondary N) is 2. The van der Waals surface area contributed by atoms with Gasteiger partial charge in [-0.15, -0.1) is 0 Å². The molecule has 0 unspecified atom stereocenters. The summed E-state index contributed by atoms with van der Waals surface area (Å²) in [6.07, 6.45) is 8.78. The molecule has 1 fully saturated rings. The number of imidazole rings is 1. The van der Waals surface area contributed by atoms with E-state index in [4.69, 9.17) is 0 Å². The Labute approximate surface area is 147 Å². The lowest BCUT2D eigenvalue weighted by Gasteiger charge is -2.23. The number of benzene rings is 1. The number of nitrogens with zero attached hydrogens (tertiary/aromatic N) is 2. The summed E-state index contributed by atoms with van der Waals surface area (Å²) in [4.78, 5) is 28.8. The van der Waals surface area contributed by atoms with Crippen molar-refractivity contribution in [2.75, 3.05) is 5.32 Å². The van der Waals surface area contributed by atoms with Crippen LogP contribution >= 0.6 is 0 Å². The van der Waals surface area contributed by atoms with Crippen LogP contribution < -0.4 is 10.6 Å². The molecule has 132 valence electrons. The van der Waals surface area contributed by atoms with Crippen LogP contribution in [0.15, 0.2) is 30.7 Å². The van der Waals surface area contributed by atoms with Crippen molar-refractivity contribution in [3.05, 3.63) is 47.5 Å². The first-order valence-corrected chi connectivity index (χ1v) is 8.74. The van der Waals surface area contributed by atoms with E-state index in [1.165, 1.54) is 25.5 Å². The van der Waals surface area contributed by atoms with Gasteiger partial charge in [0.15, 0.2) is 0 Å². The lowest BCUT2D eigenvalue weighted by molar-refractivity contribution is 0.0926. The average Bonchev–Trinajstić information content (AvgIpc) is 3.04. The highest BCUT2D eigenvalue weighted by Gasteiger charge is 2.18. The van der Waals surface area contributed by atoms with Crippen LogP contribution in [-0.2, 0) is 7.05 Å². The zero-order valence-electron chi connectivity index (χ0n) is 14.7. The molecule has 6 nitrogen and oxygen atoms in total. The number of aromatic nitrogens is 2. The summed E-state index contributed by atoms with van der Waals surface area (Å²) in [5.74, 6) is -0.323. The summed E-state index contributed by atoms with van der Waals surface area (Å²) in [7, 11) is 1.77.